The van der Waals surface area contributed by atoms with Crippen molar-refractivity contribution < 1.29 is 19.4 Å². The van der Waals surface area contributed by atoms with E-state index in [1.807, 2.05) is 11.9 Å². The highest BCUT2D eigenvalue weighted by molar-refractivity contribution is 5.96. The maximum Gasteiger partial charge on any atom is 0.414 e. The summed E-state index contributed by atoms with van der Waals surface area (Å²) in [6.07, 6.45) is -0.751. The Kier molecular flexibility index (Phi) is 4.98. The SMILES string of the molecule is CN(CC1CN(c2ccc(C(=N)N)cc2)C(=O)O1)c1ccc(C(=O)O)cc1. The number of nitrogens with two attached hydrogens (primary N) is 1. The molecule has 1 atom stereocenters. The van der Waals surface area contributed by atoms with Crippen LogP contribution in [-0.2, 0) is 4.74 Å². The maximum absolute atomic E-state index is 12.2. The molecule has 2 aromatic carbocycles. The minimum atomic E-state index is -0.972. The van der Waals surface area contributed by atoms with E-state index < -0.39 is 12.1 Å². The van der Waals surface area contributed by atoms with Crippen LogP contribution in [0.2, 0.25) is 0 Å². The summed E-state index contributed by atoms with van der Waals surface area (Å²) < 4.78 is 5.44. The van der Waals surface area contributed by atoms with Gasteiger partial charge in [-0.05, 0) is 48.5 Å². The number of carbonyl (C=O) groups excluding carboxylic acids is 1. The number of nitrogen functional groups attached to an aromatic ring is 1. The van der Waals surface area contributed by atoms with E-state index in [-0.39, 0.29) is 17.5 Å². The fourth-order valence-electron chi connectivity index (χ4n) is 2.92. The molecule has 0 spiro atoms. The second-order valence-electron chi connectivity index (χ2n) is 6.31. The summed E-state index contributed by atoms with van der Waals surface area (Å²) in [5, 5.41) is 16.4. The summed E-state index contributed by atoms with van der Waals surface area (Å²) in [6, 6.07) is 13.4. The molecule has 27 heavy (non-hydrogen) atoms. The lowest BCUT2D eigenvalue weighted by molar-refractivity contribution is 0.0696. The van der Waals surface area contributed by atoms with Gasteiger partial charge in [0.05, 0.1) is 18.7 Å². The standard InChI is InChI=1S/C19H20N4O4/c1-22(14-6-4-13(5-7-14)18(24)25)10-16-11-23(19(26)27-16)15-8-2-12(3-9-15)17(20)21/h2-9,16H,10-11H2,1H3,(H3,20,21)(H,24,25). The van der Waals surface area contributed by atoms with Crippen LogP contribution in [0.3, 0.4) is 0 Å². The molecule has 1 amide bonds. The van der Waals surface area contributed by atoms with Crippen LogP contribution in [0.1, 0.15) is 15.9 Å². The van der Waals surface area contributed by atoms with Crippen LogP contribution in [0.15, 0.2) is 48.5 Å². The quantitative estimate of drug-likeness (QED) is 0.531. The molecule has 3 rings (SSSR count). The Balaban J connectivity index is 1.64. The predicted octanol–water partition coefficient (Wildman–Crippen LogP) is 2.13. The fourth-order valence-corrected chi connectivity index (χ4v) is 2.92. The van der Waals surface area contributed by atoms with Crippen molar-refractivity contribution in [2.24, 2.45) is 5.73 Å². The zero-order valence-corrected chi connectivity index (χ0v) is 14.8. The molecule has 0 aromatic heterocycles. The van der Waals surface area contributed by atoms with Crippen molar-refractivity contribution in [2.45, 2.75) is 6.10 Å². The summed E-state index contributed by atoms with van der Waals surface area (Å²) in [5.41, 5.74) is 7.77. The topological polar surface area (TPSA) is 120 Å². The average molecular weight is 368 g/mol. The van der Waals surface area contributed by atoms with Gasteiger partial charge in [-0.2, -0.15) is 0 Å². The molecule has 1 aliphatic heterocycles. The van der Waals surface area contributed by atoms with Gasteiger partial charge in [-0.25, -0.2) is 9.59 Å². The Morgan fingerprint density at radius 2 is 1.81 bits per heavy atom. The predicted molar refractivity (Wildman–Crippen MR) is 102 cm³/mol. The number of nitrogens with one attached hydrogen (secondary N) is 1. The number of cyclic esters (lactones) is 1. The lowest BCUT2D eigenvalue weighted by atomic mass is 10.1. The molecule has 0 radical (unpaired) electrons. The van der Waals surface area contributed by atoms with Crippen LogP contribution < -0.4 is 15.5 Å². The van der Waals surface area contributed by atoms with Gasteiger partial charge in [-0.15, -0.1) is 0 Å². The largest absolute Gasteiger partial charge is 0.478 e. The van der Waals surface area contributed by atoms with Crippen molar-refractivity contribution in [1.82, 2.24) is 0 Å². The molecule has 0 saturated carbocycles. The molecular weight excluding hydrogens is 348 g/mol. The van der Waals surface area contributed by atoms with Gasteiger partial charge < -0.3 is 20.5 Å². The summed E-state index contributed by atoms with van der Waals surface area (Å²) in [4.78, 5) is 26.6. The first kappa shape index (κ1) is 18.2. The van der Waals surface area contributed by atoms with Crippen LogP contribution in [0.4, 0.5) is 16.2 Å². The number of amides is 1. The number of benzene rings is 2. The number of rotatable bonds is 6. The van der Waals surface area contributed by atoms with E-state index >= 15 is 0 Å². The summed E-state index contributed by atoms with van der Waals surface area (Å²) in [6.45, 7) is 0.871. The molecule has 0 aliphatic carbocycles. The Morgan fingerprint density at radius 3 is 2.37 bits per heavy atom. The van der Waals surface area contributed by atoms with Gasteiger partial charge in [-0.3, -0.25) is 10.3 Å². The fraction of sp³-hybridized carbons (Fsp3) is 0.211. The monoisotopic (exact) mass is 368 g/mol. The third-order valence-electron chi connectivity index (χ3n) is 4.40. The highest BCUT2D eigenvalue weighted by Gasteiger charge is 2.33. The second-order valence-corrected chi connectivity index (χ2v) is 6.31. The number of carboxylic acids is 1. The number of likely N-dealkylation sites (N-methyl/N-ethyl adjacent to an activating group) is 1. The van der Waals surface area contributed by atoms with Crippen LogP contribution >= 0.6 is 0 Å². The molecule has 1 heterocycles. The number of hydrogen-bond acceptors (Lipinski definition) is 5. The van der Waals surface area contributed by atoms with E-state index in [1.165, 1.54) is 17.0 Å². The van der Waals surface area contributed by atoms with Gasteiger partial charge in [-0.1, -0.05) is 0 Å². The third-order valence-corrected chi connectivity index (χ3v) is 4.40. The van der Waals surface area contributed by atoms with Crippen molar-refractivity contribution in [3.8, 4) is 0 Å². The molecule has 1 aliphatic rings. The smallest absolute Gasteiger partial charge is 0.414 e. The molecule has 4 N–H and O–H groups in total. The Labute approximate surface area is 156 Å². The normalized spacial score (nSPS) is 16.1. The molecule has 2 aromatic rings. The van der Waals surface area contributed by atoms with Crippen LogP contribution in [0, 0.1) is 5.41 Å². The van der Waals surface area contributed by atoms with Crippen molar-refractivity contribution in [1.29, 1.82) is 5.41 Å². The number of nitrogens with zero attached hydrogens (tertiary/aromatic N) is 2. The minimum absolute atomic E-state index is 0.0287. The summed E-state index contributed by atoms with van der Waals surface area (Å²) >= 11 is 0. The Hall–Kier alpha value is -3.55. The molecule has 1 fully saturated rings. The van der Waals surface area contributed by atoms with Gasteiger partial charge >= 0.3 is 12.1 Å². The number of carbonyl (C=O) groups is 2. The molecule has 0 bridgehead atoms. The van der Waals surface area contributed by atoms with E-state index in [2.05, 4.69) is 0 Å². The van der Waals surface area contributed by atoms with E-state index in [4.69, 9.17) is 21.0 Å². The number of ether oxygens (including phenoxy) is 1. The number of carboxylic acid groups (broad SMARTS) is 1. The number of aromatic carboxylic acids is 1. The van der Waals surface area contributed by atoms with Crippen LogP contribution in [-0.4, -0.2) is 49.2 Å². The number of anilines is 2. The first-order valence-electron chi connectivity index (χ1n) is 8.32. The van der Waals surface area contributed by atoms with E-state index in [0.29, 0.717) is 24.3 Å². The van der Waals surface area contributed by atoms with Crippen molar-refractivity contribution in [2.75, 3.05) is 29.9 Å². The molecule has 8 heteroatoms. The summed E-state index contributed by atoms with van der Waals surface area (Å²) in [7, 11) is 1.86. The average Bonchev–Trinajstić information content (AvgIpc) is 3.02. The third kappa shape index (κ3) is 4.00. The van der Waals surface area contributed by atoms with Gasteiger partial charge in [0.1, 0.15) is 11.9 Å². The highest BCUT2D eigenvalue weighted by atomic mass is 16.6. The van der Waals surface area contributed by atoms with E-state index in [9.17, 15) is 9.59 Å². The van der Waals surface area contributed by atoms with Gasteiger partial charge in [0.25, 0.3) is 0 Å². The summed E-state index contributed by atoms with van der Waals surface area (Å²) in [5.74, 6) is -1.00. The van der Waals surface area contributed by atoms with Crippen LogP contribution in [0.25, 0.3) is 0 Å². The number of hydrogen-bond donors (Lipinski definition) is 3. The molecule has 8 nitrogen and oxygen atoms in total. The maximum atomic E-state index is 12.2. The Morgan fingerprint density at radius 1 is 1.22 bits per heavy atom. The lowest BCUT2D eigenvalue weighted by Gasteiger charge is -2.22. The second kappa shape index (κ2) is 7.36. The highest BCUT2D eigenvalue weighted by Crippen LogP contribution is 2.23. The molecule has 140 valence electrons. The van der Waals surface area contributed by atoms with E-state index in [1.54, 1.807) is 36.4 Å². The zero-order valence-electron chi connectivity index (χ0n) is 14.8. The first-order chi connectivity index (χ1) is 12.8. The van der Waals surface area contributed by atoms with E-state index in [0.717, 1.165) is 5.69 Å². The number of amidine groups is 1. The van der Waals surface area contributed by atoms with Gasteiger partial charge in [0.15, 0.2) is 0 Å². The van der Waals surface area contributed by atoms with Crippen LogP contribution in [0.5, 0.6) is 0 Å². The zero-order chi connectivity index (χ0) is 19.6. The van der Waals surface area contributed by atoms with Crippen molar-refractivity contribution >= 4 is 29.3 Å². The molecule has 1 unspecified atom stereocenters. The Bertz CT molecular complexity index is 864. The van der Waals surface area contributed by atoms with Gasteiger partial charge in [0, 0.05) is 24.0 Å². The van der Waals surface area contributed by atoms with Crippen molar-refractivity contribution in [3.05, 3.63) is 59.7 Å². The van der Waals surface area contributed by atoms with Gasteiger partial charge in [0.2, 0.25) is 0 Å². The lowest BCUT2D eigenvalue weighted by Crippen LogP contribution is -2.32. The molecule has 1 saturated heterocycles. The minimum Gasteiger partial charge on any atom is -0.478 e. The molecular formula is C19H20N4O4. The van der Waals surface area contributed by atoms with Crippen molar-refractivity contribution in [3.63, 3.8) is 0 Å². The first-order valence-corrected chi connectivity index (χ1v) is 8.32.